The third-order valence-electron chi connectivity index (χ3n) is 2.89. The summed E-state index contributed by atoms with van der Waals surface area (Å²) in [7, 11) is 0. The number of fused-ring (bicyclic) bond motifs is 1. The maximum Gasteiger partial charge on any atom is 0.149 e. The molecule has 1 aliphatic rings. The van der Waals surface area contributed by atoms with Gasteiger partial charge in [0, 0.05) is 17.9 Å². The zero-order valence-electron chi connectivity index (χ0n) is 9.72. The Labute approximate surface area is 101 Å². The van der Waals surface area contributed by atoms with E-state index in [0.29, 0.717) is 12.0 Å². The molecule has 1 aliphatic carbocycles. The second-order valence-corrected chi connectivity index (χ2v) is 4.26. The normalized spacial score (nSPS) is 17.9. The van der Waals surface area contributed by atoms with Crippen LogP contribution in [0, 0.1) is 0 Å². The van der Waals surface area contributed by atoms with Crippen LogP contribution in [0.2, 0.25) is 0 Å². The van der Waals surface area contributed by atoms with Gasteiger partial charge in [-0.1, -0.05) is 42.5 Å². The second kappa shape index (κ2) is 4.91. The summed E-state index contributed by atoms with van der Waals surface area (Å²) in [6.07, 6.45) is 6.87. The largest absolute Gasteiger partial charge is 0.300 e. The van der Waals surface area contributed by atoms with Gasteiger partial charge in [-0.3, -0.25) is 9.59 Å². The van der Waals surface area contributed by atoms with Crippen LogP contribution in [-0.4, -0.2) is 12.1 Å². The van der Waals surface area contributed by atoms with Gasteiger partial charge in [0.1, 0.15) is 12.1 Å². The van der Waals surface area contributed by atoms with E-state index in [1.54, 1.807) is 13.0 Å². The van der Waals surface area contributed by atoms with Crippen molar-refractivity contribution in [2.24, 2.45) is 0 Å². The number of Topliss-reactive ketones (excluding diaryl/α,β-unsaturated/α-hetero) is 1. The maximum atomic E-state index is 11.3. The van der Waals surface area contributed by atoms with Gasteiger partial charge in [0.05, 0.1) is 0 Å². The van der Waals surface area contributed by atoms with E-state index in [-0.39, 0.29) is 11.7 Å². The molecule has 0 saturated heterocycles. The number of carbonyl (C=O) groups is 2. The van der Waals surface area contributed by atoms with E-state index in [1.807, 2.05) is 36.4 Å². The molecule has 0 heterocycles. The number of benzene rings is 1. The number of rotatable bonds is 3. The first-order chi connectivity index (χ1) is 8.20. The van der Waals surface area contributed by atoms with Crippen molar-refractivity contribution in [2.75, 3.05) is 0 Å². The van der Waals surface area contributed by atoms with E-state index >= 15 is 0 Å². The number of carbonyl (C=O) groups excluding carboxylic acids is 2. The number of hydrogen-bond donors (Lipinski definition) is 0. The summed E-state index contributed by atoms with van der Waals surface area (Å²) >= 11 is 0. The zero-order chi connectivity index (χ0) is 12.3. The fraction of sp³-hybridized carbons (Fsp3) is 0.200. The van der Waals surface area contributed by atoms with Gasteiger partial charge in [-0.25, -0.2) is 0 Å². The Hall–Kier alpha value is -1.96. The Morgan fingerprint density at radius 1 is 1.29 bits per heavy atom. The van der Waals surface area contributed by atoms with Crippen molar-refractivity contribution < 1.29 is 9.59 Å². The number of hydrogen-bond acceptors (Lipinski definition) is 2. The molecule has 2 nitrogen and oxygen atoms in total. The lowest BCUT2D eigenvalue weighted by Gasteiger charge is -2.13. The molecule has 0 bridgehead atoms. The smallest absolute Gasteiger partial charge is 0.149 e. The Morgan fingerprint density at radius 3 is 2.76 bits per heavy atom. The van der Waals surface area contributed by atoms with Crippen LogP contribution >= 0.6 is 0 Å². The summed E-state index contributed by atoms with van der Waals surface area (Å²) in [6.45, 7) is 1.58. The Balaban J connectivity index is 2.47. The van der Waals surface area contributed by atoms with Crippen molar-refractivity contribution in [1.29, 1.82) is 0 Å². The molecule has 1 atom stereocenters. The minimum absolute atomic E-state index is 0.00102. The number of aldehydes is 1. The third-order valence-corrected chi connectivity index (χ3v) is 2.89. The van der Waals surface area contributed by atoms with Crippen LogP contribution in [0.3, 0.4) is 0 Å². The average molecular weight is 226 g/mol. The summed E-state index contributed by atoms with van der Waals surface area (Å²) in [5, 5.41) is 0. The van der Waals surface area contributed by atoms with Gasteiger partial charge >= 0.3 is 0 Å². The lowest BCUT2D eigenvalue weighted by Crippen LogP contribution is -2.03. The van der Waals surface area contributed by atoms with E-state index in [0.717, 1.165) is 17.4 Å². The first kappa shape index (κ1) is 11.5. The fourth-order valence-corrected chi connectivity index (χ4v) is 2.12. The molecule has 0 aromatic heterocycles. The molecule has 1 aromatic rings. The van der Waals surface area contributed by atoms with Crippen molar-refractivity contribution >= 4 is 18.1 Å². The van der Waals surface area contributed by atoms with Crippen molar-refractivity contribution in [1.82, 2.24) is 0 Å². The minimum atomic E-state index is -0.00102. The van der Waals surface area contributed by atoms with Gasteiger partial charge < -0.3 is 0 Å². The van der Waals surface area contributed by atoms with Gasteiger partial charge in [0.15, 0.2) is 0 Å². The Kier molecular flexibility index (Phi) is 3.33. The van der Waals surface area contributed by atoms with Gasteiger partial charge in [-0.2, -0.15) is 0 Å². The molecule has 1 aromatic carbocycles. The molecule has 0 spiro atoms. The lowest BCUT2D eigenvalue weighted by atomic mass is 9.90. The first-order valence-electron chi connectivity index (χ1n) is 5.64. The molecule has 0 fully saturated rings. The highest BCUT2D eigenvalue weighted by molar-refractivity contribution is 5.83. The van der Waals surface area contributed by atoms with Crippen molar-refractivity contribution in [3.63, 3.8) is 0 Å². The maximum absolute atomic E-state index is 11.3. The molecule has 0 radical (unpaired) electrons. The standard InChI is InChI=1S/C15H14O2/c1-11(17)8-14-9-12(10-16)6-7-13-4-2-3-5-15(13)14/h2-7,9-10,14H,8H2,1H3. The van der Waals surface area contributed by atoms with Gasteiger partial charge in [-0.15, -0.1) is 0 Å². The third kappa shape index (κ3) is 2.59. The molecule has 17 heavy (non-hydrogen) atoms. The Bertz CT molecular complexity index is 509. The van der Waals surface area contributed by atoms with E-state index in [4.69, 9.17) is 0 Å². The van der Waals surface area contributed by atoms with Crippen LogP contribution in [0.1, 0.15) is 30.4 Å². The van der Waals surface area contributed by atoms with Gasteiger partial charge in [0.2, 0.25) is 0 Å². The molecule has 0 amide bonds. The van der Waals surface area contributed by atoms with Gasteiger partial charge in [-0.05, 0) is 18.1 Å². The van der Waals surface area contributed by atoms with Crippen LogP contribution in [-0.2, 0) is 9.59 Å². The van der Waals surface area contributed by atoms with Crippen LogP contribution in [0.4, 0.5) is 0 Å². The summed E-state index contributed by atoms with van der Waals surface area (Å²) < 4.78 is 0. The van der Waals surface area contributed by atoms with E-state index in [9.17, 15) is 9.59 Å². The van der Waals surface area contributed by atoms with Gasteiger partial charge in [0.25, 0.3) is 0 Å². The fourth-order valence-electron chi connectivity index (χ4n) is 2.12. The summed E-state index contributed by atoms with van der Waals surface area (Å²) in [5.41, 5.74) is 2.81. The topological polar surface area (TPSA) is 34.1 Å². The molecule has 2 heteroatoms. The number of allylic oxidation sites excluding steroid dienone is 3. The summed E-state index contributed by atoms with van der Waals surface area (Å²) in [4.78, 5) is 22.2. The van der Waals surface area contributed by atoms with Crippen molar-refractivity contribution in [3.05, 3.63) is 53.1 Å². The van der Waals surface area contributed by atoms with Crippen molar-refractivity contribution in [3.8, 4) is 0 Å². The molecule has 86 valence electrons. The highest BCUT2D eigenvalue weighted by Crippen LogP contribution is 2.29. The zero-order valence-corrected chi connectivity index (χ0v) is 9.72. The average Bonchev–Trinajstić information content (AvgIpc) is 2.49. The van der Waals surface area contributed by atoms with Crippen LogP contribution in [0.15, 0.2) is 42.0 Å². The SMILES string of the molecule is CC(=O)CC1C=C(C=O)C=Cc2ccccc21. The lowest BCUT2D eigenvalue weighted by molar-refractivity contribution is -0.117. The molecule has 0 saturated carbocycles. The number of ketones is 1. The van der Waals surface area contributed by atoms with Crippen LogP contribution in [0.25, 0.3) is 6.08 Å². The quantitative estimate of drug-likeness (QED) is 0.743. The highest BCUT2D eigenvalue weighted by atomic mass is 16.1. The van der Waals surface area contributed by atoms with E-state index < -0.39 is 0 Å². The predicted octanol–water partition coefficient (Wildman–Crippen LogP) is 2.90. The Morgan fingerprint density at radius 2 is 2.06 bits per heavy atom. The molecule has 0 N–H and O–H groups in total. The van der Waals surface area contributed by atoms with Crippen LogP contribution < -0.4 is 0 Å². The molecule has 2 rings (SSSR count). The molecule has 1 unspecified atom stereocenters. The first-order valence-corrected chi connectivity index (χ1v) is 5.64. The molecule has 0 aliphatic heterocycles. The second-order valence-electron chi connectivity index (χ2n) is 4.26. The van der Waals surface area contributed by atoms with E-state index in [2.05, 4.69) is 0 Å². The molecular weight excluding hydrogens is 212 g/mol. The monoisotopic (exact) mass is 226 g/mol. The highest BCUT2D eigenvalue weighted by Gasteiger charge is 2.16. The van der Waals surface area contributed by atoms with E-state index in [1.165, 1.54) is 0 Å². The predicted molar refractivity (Wildman–Crippen MR) is 67.7 cm³/mol. The van der Waals surface area contributed by atoms with Crippen molar-refractivity contribution in [2.45, 2.75) is 19.3 Å². The minimum Gasteiger partial charge on any atom is -0.300 e. The summed E-state index contributed by atoms with van der Waals surface area (Å²) in [6, 6.07) is 7.93. The molecular formula is C15H14O2. The summed E-state index contributed by atoms with van der Waals surface area (Å²) in [5.74, 6) is 0.132. The van der Waals surface area contributed by atoms with Crippen LogP contribution in [0.5, 0.6) is 0 Å².